The molecule has 2 aliphatic rings. The fourth-order valence-corrected chi connectivity index (χ4v) is 4.29. The lowest BCUT2D eigenvalue weighted by atomic mass is 9.83. The molecule has 7 nitrogen and oxygen atoms in total. The molecule has 7 heteroatoms. The highest BCUT2D eigenvalue weighted by molar-refractivity contribution is 5.97. The average molecular weight is 427 g/mol. The van der Waals surface area contributed by atoms with Crippen molar-refractivity contribution in [3.63, 3.8) is 0 Å². The van der Waals surface area contributed by atoms with Gasteiger partial charge in [0.1, 0.15) is 11.6 Å². The average Bonchev–Trinajstić information content (AvgIpc) is 3.04. The van der Waals surface area contributed by atoms with Crippen molar-refractivity contribution in [2.24, 2.45) is 16.1 Å². The largest absolute Gasteiger partial charge is 0.444 e. The monoisotopic (exact) mass is 426 g/mol. The van der Waals surface area contributed by atoms with Crippen LogP contribution in [0.4, 0.5) is 10.5 Å². The van der Waals surface area contributed by atoms with Gasteiger partial charge in [-0.05, 0) is 71.1 Å². The van der Waals surface area contributed by atoms with Gasteiger partial charge in [-0.2, -0.15) is 10.2 Å². The first-order valence-electron chi connectivity index (χ1n) is 11.2. The molecular weight excluding hydrogens is 392 g/mol. The summed E-state index contributed by atoms with van der Waals surface area (Å²) < 4.78 is 5.40. The number of ether oxygens (including phenoxy) is 1. The van der Waals surface area contributed by atoms with Crippen LogP contribution in [0.25, 0.3) is 5.57 Å². The van der Waals surface area contributed by atoms with Gasteiger partial charge in [-0.3, -0.25) is 4.79 Å². The zero-order chi connectivity index (χ0) is 22.6. The van der Waals surface area contributed by atoms with Crippen molar-refractivity contribution in [1.82, 2.24) is 5.32 Å². The van der Waals surface area contributed by atoms with Crippen molar-refractivity contribution in [1.29, 1.82) is 0 Å². The smallest absolute Gasteiger partial charge is 0.408 e. The molecule has 168 valence electrons. The number of anilines is 1. The first-order valence-corrected chi connectivity index (χ1v) is 11.2. The van der Waals surface area contributed by atoms with Crippen LogP contribution in [-0.2, 0) is 9.53 Å². The number of nitrogens with one attached hydrogen (secondary N) is 2. The Morgan fingerprint density at radius 3 is 2.29 bits per heavy atom. The lowest BCUT2D eigenvalue weighted by molar-refractivity contribution is -0.119. The molecule has 1 aromatic rings. The van der Waals surface area contributed by atoms with Gasteiger partial charge >= 0.3 is 6.09 Å². The van der Waals surface area contributed by atoms with Crippen LogP contribution < -0.4 is 10.6 Å². The molecule has 3 rings (SSSR count). The predicted molar refractivity (Wildman–Crippen MR) is 122 cm³/mol. The second-order valence-electron chi connectivity index (χ2n) is 9.48. The number of amides is 2. The number of alkyl carbamates (subject to hydrolysis) is 1. The number of azo groups is 1. The molecular formula is C24H34N4O3. The molecule has 1 heterocycles. The van der Waals surface area contributed by atoms with Gasteiger partial charge in [0.15, 0.2) is 0 Å². The minimum absolute atomic E-state index is 0.0363. The quantitative estimate of drug-likeness (QED) is 0.634. The molecule has 1 aromatic carbocycles. The van der Waals surface area contributed by atoms with Gasteiger partial charge in [0.2, 0.25) is 5.91 Å². The maximum atomic E-state index is 13.1. The van der Waals surface area contributed by atoms with Crippen LogP contribution in [0.1, 0.15) is 72.3 Å². The fraction of sp³-hybridized carbons (Fsp3) is 0.583. The van der Waals surface area contributed by atoms with E-state index in [1.54, 1.807) is 0 Å². The number of hydrogen-bond acceptors (Lipinski definition) is 5. The predicted octanol–water partition coefficient (Wildman–Crippen LogP) is 5.68. The van der Waals surface area contributed by atoms with Gasteiger partial charge in [0.05, 0.1) is 11.7 Å². The van der Waals surface area contributed by atoms with Crippen LogP contribution >= 0.6 is 0 Å². The highest BCUT2D eigenvalue weighted by atomic mass is 16.6. The molecule has 1 saturated carbocycles. The van der Waals surface area contributed by atoms with E-state index in [4.69, 9.17) is 4.74 Å². The number of benzene rings is 1. The Balaban J connectivity index is 1.70. The Bertz CT molecular complexity index is 862. The van der Waals surface area contributed by atoms with E-state index < -0.39 is 17.7 Å². The van der Waals surface area contributed by atoms with Crippen LogP contribution in [0.2, 0.25) is 0 Å². The second-order valence-corrected chi connectivity index (χ2v) is 9.48. The normalized spacial score (nSPS) is 20.5. The molecule has 2 N–H and O–H groups in total. The third-order valence-electron chi connectivity index (χ3n) is 5.73. The maximum absolute atomic E-state index is 13.1. The van der Waals surface area contributed by atoms with E-state index in [0.717, 1.165) is 42.5 Å². The molecule has 31 heavy (non-hydrogen) atoms. The van der Waals surface area contributed by atoms with Crippen molar-refractivity contribution in [2.75, 3.05) is 5.32 Å². The van der Waals surface area contributed by atoms with Gasteiger partial charge in [0, 0.05) is 11.3 Å². The maximum Gasteiger partial charge on any atom is 0.408 e. The van der Waals surface area contributed by atoms with E-state index in [1.165, 1.54) is 6.42 Å². The van der Waals surface area contributed by atoms with E-state index in [-0.39, 0.29) is 17.9 Å². The zero-order valence-corrected chi connectivity index (χ0v) is 19.2. The molecule has 0 saturated heterocycles. The number of nitrogens with zero attached hydrogens (tertiary/aromatic N) is 2. The van der Waals surface area contributed by atoms with Gasteiger partial charge < -0.3 is 15.4 Å². The number of rotatable bonds is 5. The number of carbonyl (C=O) groups excluding carboxylic acids is 2. The standard InChI is InChI=1S/C24H34N4O3/c1-15-20(16(2)28-27-15)17-11-13-19(14-12-17)25-22(29)21(18-9-7-6-8-10-18)26-23(30)31-24(3,4)5/h11-15,18,21H,6-10H2,1-5H3,(H,25,29)(H,26,30)/t15?,21-/m0/s1. The molecule has 0 bridgehead atoms. The molecule has 1 unspecified atom stereocenters. The Hall–Kier alpha value is -2.70. The van der Waals surface area contributed by atoms with E-state index in [9.17, 15) is 9.59 Å². The fourth-order valence-electron chi connectivity index (χ4n) is 4.29. The summed E-state index contributed by atoms with van der Waals surface area (Å²) in [5, 5.41) is 14.2. The Labute approximate surface area is 184 Å². The van der Waals surface area contributed by atoms with Crippen molar-refractivity contribution in [3.8, 4) is 0 Å². The summed E-state index contributed by atoms with van der Waals surface area (Å²) >= 11 is 0. The third kappa shape index (κ3) is 6.15. The van der Waals surface area contributed by atoms with E-state index in [0.29, 0.717) is 5.69 Å². The Morgan fingerprint density at radius 2 is 1.74 bits per heavy atom. The zero-order valence-electron chi connectivity index (χ0n) is 19.2. The summed E-state index contributed by atoms with van der Waals surface area (Å²) in [5.41, 5.74) is 3.14. The van der Waals surface area contributed by atoms with E-state index in [1.807, 2.05) is 58.9 Å². The molecule has 1 fully saturated rings. The van der Waals surface area contributed by atoms with Gasteiger partial charge in [-0.25, -0.2) is 4.79 Å². The van der Waals surface area contributed by atoms with E-state index >= 15 is 0 Å². The highest BCUT2D eigenvalue weighted by Crippen LogP contribution is 2.31. The highest BCUT2D eigenvalue weighted by Gasteiger charge is 2.32. The molecule has 1 aliphatic heterocycles. The first kappa shape index (κ1) is 23.0. The van der Waals surface area contributed by atoms with Crippen LogP contribution in [-0.4, -0.2) is 29.7 Å². The van der Waals surface area contributed by atoms with Crippen LogP contribution in [0.3, 0.4) is 0 Å². The minimum Gasteiger partial charge on any atom is -0.444 e. The van der Waals surface area contributed by atoms with Crippen molar-refractivity contribution in [3.05, 3.63) is 35.5 Å². The van der Waals surface area contributed by atoms with Crippen molar-refractivity contribution < 1.29 is 14.3 Å². The molecule has 2 atom stereocenters. The molecule has 0 spiro atoms. The third-order valence-corrected chi connectivity index (χ3v) is 5.73. The van der Waals surface area contributed by atoms with Gasteiger partial charge in [0.25, 0.3) is 0 Å². The van der Waals surface area contributed by atoms with Crippen LogP contribution in [0.15, 0.2) is 40.2 Å². The summed E-state index contributed by atoms with van der Waals surface area (Å²) in [5.74, 6) is -0.101. The summed E-state index contributed by atoms with van der Waals surface area (Å²) in [4.78, 5) is 25.5. The summed E-state index contributed by atoms with van der Waals surface area (Å²) in [7, 11) is 0. The lowest BCUT2D eigenvalue weighted by Gasteiger charge is -2.31. The molecule has 0 aromatic heterocycles. The summed E-state index contributed by atoms with van der Waals surface area (Å²) in [6.45, 7) is 9.41. The summed E-state index contributed by atoms with van der Waals surface area (Å²) in [6, 6.07) is 7.12. The van der Waals surface area contributed by atoms with Crippen LogP contribution in [0, 0.1) is 5.92 Å². The van der Waals surface area contributed by atoms with Gasteiger partial charge in [-0.1, -0.05) is 31.4 Å². The van der Waals surface area contributed by atoms with Crippen LogP contribution in [0.5, 0.6) is 0 Å². The minimum atomic E-state index is -0.618. The Morgan fingerprint density at radius 1 is 1.10 bits per heavy atom. The number of carbonyl (C=O) groups is 2. The first-order chi connectivity index (χ1) is 14.6. The summed E-state index contributed by atoms with van der Waals surface area (Å²) in [6.07, 6.45) is 4.60. The van der Waals surface area contributed by atoms with Crippen molar-refractivity contribution in [2.45, 2.75) is 84.4 Å². The lowest BCUT2D eigenvalue weighted by Crippen LogP contribution is -2.50. The second kappa shape index (κ2) is 9.62. The molecule has 2 amide bonds. The Kier molecular flexibility index (Phi) is 7.13. The van der Waals surface area contributed by atoms with Gasteiger partial charge in [-0.15, -0.1) is 0 Å². The van der Waals surface area contributed by atoms with Crippen molar-refractivity contribution >= 4 is 23.3 Å². The number of hydrogen-bond donors (Lipinski definition) is 2. The number of allylic oxidation sites excluding steroid dienone is 1. The topological polar surface area (TPSA) is 92.2 Å². The molecule has 1 aliphatic carbocycles. The SMILES string of the molecule is CC1=C(c2ccc(NC(=O)[C@@H](NC(=O)OC(C)(C)C)C3CCCCC3)cc2)C(C)N=N1. The van der Waals surface area contributed by atoms with E-state index in [2.05, 4.69) is 20.9 Å². The molecule has 0 radical (unpaired) electrons.